The first kappa shape index (κ1) is 42.9. The van der Waals surface area contributed by atoms with Crippen LogP contribution in [0.4, 0.5) is 23.0 Å². The molecular formula is C50H56N12O5. The monoisotopic (exact) mass is 904 g/mol. The number of aliphatic hydroxyl groups is 1. The third-order valence-electron chi connectivity index (χ3n) is 15.2. The van der Waals surface area contributed by atoms with E-state index in [1.54, 1.807) is 28.7 Å². The Morgan fingerprint density at radius 2 is 1.52 bits per heavy atom. The van der Waals surface area contributed by atoms with Gasteiger partial charge >= 0.3 is 0 Å². The average molecular weight is 905 g/mol. The Balaban J connectivity index is 0.681. The zero-order valence-electron chi connectivity index (χ0n) is 37.8. The number of pyridine rings is 1. The maximum Gasteiger partial charge on any atom is 0.278 e. The molecular weight excluding hydrogens is 849 g/mol. The summed E-state index contributed by atoms with van der Waals surface area (Å²) in [6.07, 6.45) is 16.1. The molecule has 1 unspecified atom stereocenters. The molecule has 17 nitrogen and oxygen atoms in total. The van der Waals surface area contributed by atoms with E-state index in [0.717, 1.165) is 68.9 Å². The van der Waals surface area contributed by atoms with Gasteiger partial charge < -0.3 is 20.2 Å². The summed E-state index contributed by atoms with van der Waals surface area (Å²) in [7, 11) is 0. The Hall–Kier alpha value is -6.72. The summed E-state index contributed by atoms with van der Waals surface area (Å²) in [4.78, 5) is 72.8. The van der Waals surface area contributed by atoms with Crippen LogP contribution in [0.15, 0.2) is 94.8 Å². The molecule has 8 heterocycles. The number of benzene rings is 2. The van der Waals surface area contributed by atoms with Crippen molar-refractivity contribution >= 4 is 56.6 Å². The average Bonchev–Trinajstić information content (AvgIpc) is 3.61. The quantitative estimate of drug-likeness (QED) is 0.144. The van der Waals surface area contributed by atoms with Crippen molar-refractivity contribution in [3.05, 3.63) is 112 Å². The molecule has 3 N–H and O–H groups in total. The maximum absolute atomic E-state index is 13.6. The first-order valence-corrected chi connectivity index (χ1v) is 23.8. The fraction of sp³-hybridized carbons (Fsp3) is 0.440. The second-order valence-corrected chi connectivity index (χ2v) is 19.3. The number of allylic oxidation sites excluding steroid dienone is 2. The number of nitrogens with one attached hydrogen (secondary N) is 2. The van der Waals surface area contributed by atoms with Crippen molar-refractivity contribution in [1.82, 2.24) is 44.3 Å². The van der Waals surface area contributed by atoms with Gasteiger partial charge in [-0.1, -0.05) is 18.2 Å². The van der Waals surface area contributed by atoms with Gasteiger partial charge in [0, 0.05) is 80.4 Å². The number of piperidine rings is 2. The molecule has 4 aromatic heterocycles. The smallest absolute Gasteiger partial charge is 0.278 e. The second-order valence-electron chi connectivity index (χ2n) is 19.3. The third kappa shape index (κ3) is 8.17. The lowest BCUT2D eigenvalue weighted by atomic mass is 9.66. The number of aromatic nitrogens is 7. The number of carbonyl (C=O) groups is 2. The summed E-state index contributed by atoms with van der Waals surface area (Å²) < 4.78 is 4.55. The Bertz CT molecular complexity index is 3020. The Kier molecular flexibility index (Phi) is 11.0. The van der Waals surface area contributed by atoms with E-state index in [1.807, 2.05) is 60.7 Å². The molecule has 2 amide bonds. The highest BCUT2D eigenvalue weighted by Gasteiger charge is 2.40. The van der Waals surface area contributed by atoms with E-state index >= 15 is 0 Å². The van der Waals surface area contributed by atoms with Crippen LogP contribution in [-0.4, -0.2) is 101 Å². The van der Waals surface area contributed by atoms with Crippen molar-refractivity contribution in [2.24, 2.45) is 5.41 Å². The fourth-order valence-corrected chi connectivity index (χ4v) is 11.1. The molecule has 5 aliphatic rings. The lowest BCUT2D eigenvalue weighted by Crippen LogP contribution is -2.52. The molecule has 2 aromatic carbocycles. The van der Waals surface area contributed by atoms with Gasteiger partial charge in [0.1, 0.15) is 17.0 Å². The van der Waals surface area contributed by atoms with E-state index < -0.39 is 17.6 Å². The van der Waals surface area contributed by atoms with Crippen LogP contribution >= 0.6 is 0 Å². The van der Waals surface area contributed by atoms with Gasteiger partial charge in [0.05, 0.1) is 23.8 Å². The second kappa shape index (κ2) is 17.2. The highest BCUT2D eigenvalue weighted by Crippen LogP contribution is 2.46. The van der Waals surface area contributed by atoms with Gasteiger partial charge in [-0.05, 0) is 125 Å². The summed E-state index contributed by atoms with van der Waals surface area (Å²) in [6.45, 7) is 8.11. The molecule has 1 saturated carbocycles. The predicted molar refractivity (Wildman–Crippen MR) is 256 cm³/mol. The number of anilines is 4. The Labute approximate surface area is 387 Å². The number of hydrogen-bond acceptors (Lipinski definition) is 13. The molecule has 2 atom stereocenters. The minimum atomic E-state index is -1.12. The van der Waals surface area contributed by atoms with Crippen LogP contribution in [0.2, 0.25) is 0 Å². The first-order chi connectivity index (χ1) is 32.5. The SMILES string of the molecule is C[C@@]1(O)CC/C=C\Cn2c(=O)c3cnc(Nc4ccc(N5CCN(C6CCC7(CC6)CCN(c6ccc8c(=O)n(C9CCC(=O)NC9=O)ncc8c6)CC7)CC5)cc4)nc3n2-c2cccc1n2. The van der Waals surface area contributed by atoms with Gasteiger partial charge in [-0.25, -0.2) is 24.0 Å². The minimum Gasteiger partial charge on any atom is -0.384 e. The number of carbonyl (C=O) groups excluding carboxylic acids is 2. The largest absolute Gasteiger partial charge is 0.384 e. The van der Waals surface area contributed by atoms with Gasteiger partial charge in [-0.15, -0.1) is 0 Å². The standard InChI is InChI=1S/C50H56N12O5/c1-49(67)18-3-2-4-23-60-46(65)39-32-51-48(56-44(39)62(60)42-7-5-6-41(49)54-42)53-34-8-10-35(11-9-34)58-26-28-59(29-27-58)36-16-19-50(20-17-36)21-24-57(25-22-50)37-12-13-38-33(30-37)31-52-61(47(38)66)40-14-15-43(63)55-45(40)64/h2,4-13,30-32,36,40,67H,3,14-29H2,1H3,(H,51,53,56)(H,55,63,64)/b4-2-/t40?,49-/m1/s1. The van der Waals surface area contributed by atoms with Crippen LogP contribution in [0.5, 0.6) is 0 Å². The van der Waals surface area contributed by atoms with E-state index in [9.17, 15) is 24.3 Å². The lowest BCUT2D eigenvalue weighted by Gasteiger charge is -2.49. The van der Waals surface area contributed by atoms with Gasteiger partial charge in [0.25, 0.3) is 17.0 Å². The van der Waals surface area contributed by atoms with Crippen LogP contribution in [0, 0.1) is 5.41 Å². The molecule has 6 aromatic rings. The van der Waals surface area contributed by atoms with Crippen LogP contribution in [0.3, 0.4) is 0 Å². The summed E-state index contributed by atoms with van der Waals surface area (Å²) in [6, 6.07) is 19.6. The van der Waals surface area contributed by atoms with Crippen molar-refractivity contribution in [2.45, 2.75) is 95.4 Å². The molecule has 1 spiro atoms. The summed E-state index contributed by atoms with van der Waals surface area (Å²) in [5.41, 5.74) is 2.85. The number of nitrogens with zero attached hydrogens (tertiary/aromatic N) is 10. The Morgan fingerprint density at radius 3 is 2.30 bits per heavy atom. The number of amides is 2. The molecule has 0 radical (unpaired) electrons. The highest BCUT2D eigenvalue weighted by atomic mass is 16.3. The molecule has 11 rings (SSSR count). The zero-order valence-corrected chi connectivity index (χ0v) is 37.8. The molecule has 17 heteroatoms. The number of piperazine rings is 1. The van der Waals surface area contributed by atoms with Gasteiger partial charge in [-0.2, -0.15) is 10.1 Å². The van der Waals surface area contributed by atoms with Crippen molar-refractivity contribution in [2.75, 3.05) is 54.4 Å². The molecule has 4 aliphatic heterocycles. The maximum atomic E-state index is 13.6. The van der Waals surface area contributed by atoms with Gasteiger partial charge in [0.15, 0.2) is 11.5 Å². The Morgan fingerprint density at radius 1 is 0.761 bits per heavy atom. The fourth-order valence-electron chi connectivity index (χ4n) is 11.1. The summed E-state index contributed by atoms with van der Waals surface area (Å²) in [5, 5.41) is 22.9. The van der Waals surface area contributed by atoms with Crippen LogP contribution in [-0.2, 0) is 21.7 Å². The minimum absolute atomic E-state index is 0.191. The van der Waals surface area contributed by atoms with Crippen molar-refractivity contribution in [1.29, 1.82) is 0 Å². The van der Waals surface area contributed by atoms with Gasteiger partial charge in [0.2, 0.25) is 11.9 Å². The highest BCUT2D eigenvalue weighted by molar-refractivity contribution is 5.99. The molecule has 3 saturated heterocycles. The summed E-state index contributed by atoms with van der Waals surface area (Å²) >= 11 is 0. The van der Waals surface area contributed by atoms with Crippen molar-refractivity contribution in [3.8, 4) is 5.82 Å². The lowest BCUT2D eigenvalue weighted by molar-refractivity contribution is -0.136. The topological polar surface area (TPSA) is 189 Å². The number of fused-ring (bicyclic) bond motifs is 7. The molecule has 4 fully saturated rings. The van der Waals surface area contributed by atoms with Crippen molar-refractivity contribution in [3.63, 3.8) is 0 Å². The number of rotatable bonds is 6. The van der Waals surface area contributed by atoms with Gasteiger partial charge in [-0.3, -0.25) is 29.4 Å². The number of hydrogen-bond donors (Lipinski definition) is 3. The van der Waals surface area contributed by atoms with E-state index in [4.69, 9.17) is 9.97 Å². The van der Waals surface area contributed by atoms with Crippen LogP contribution in [0.25, 0.3) is 27.6 Å². The first-order valence-electron chi connectivity index (χ1n) is 23.8. The van der Waals surface area contributed by atoms with Crippen LogP contribution < -0.4 is 31.6 Å². The molecule has 1 aliphatic carbocycles. The molecule has 346 valence electrons. The van der Waals surface area contributed by atoms with E-state index in [2.05, 4.69) is 47.5 Å². The van der Waals surface area contributed by atoms with Crippen LogP contribution in [0.1, 0.15) is 82.9 Å². The predicted octanol–water partition coefficient (Wildman–Crippen LogP) is 5.32. The van der Waals surface area contributed by atoms with E-state index in [0.29, 0.717) is 64.7 Å². The van der Waals surface area contributed by atoms with Crippen molar-refractivity contribution < 1.29 is 14.7 Å². The molecule has 67 heavy (non-hydrogen) atoms. The summed E-state index contributed by atoms with van der Waals surface area (Å²) in [5.74, 6) is 0.0772. The molecule has 2 bridgehead atoms. The third-order valence-corrected chi connectivity index (χ3v) is 15.2. The number of imide groups is 1. The zero-order chi connectivity index (χ0) is 45.9. The van der Waals surface area contributed by atoms with E-state index in [1.165, 1.54) is 36.1 Å². The normalized spacial score (nSPS) is 23.2. The van der Waals surface area contributed by atoms with E-state index in [-0.39, 0.29) is 29.9 Å².